The molecule has 2 nitrogen and oxygen atoms in total. The van der Waals surface area contributed by atoms with Crippen LogP contribution in [0.5, 0.6) is 0 Å². The Morgan fingerprint density at radius 3 is 3.09 bits per heavy atom. The van der Waals surface area contributed by atoms with Gasteiger partial charge in [0, 0.05) is 10.9 Å². The van der Waals surface area contributed by atoms with Crippen molar-refractivity contribution >= 4 is 11.3 Å². The molecule has 0 saturated carbocycles. The van der Waals surface area contributed by atoms with E-state index >= 15 is 0 Å². The van der Waals surface area contributed by atoms with Crippen molar-refractivity contribution in [2.24, 2.45) is 11.1 Å². The van der Waals surface area contributed by atoms with Crippen molar-refractivity contribution in [1.82, 2.24) is 4.98 Å². The second-order valence-corrected chi connectivity index (χ2v) is 4.69. The SMILES string of the molecule is CC1(C)Cc2ncsc2[C@H]1N. The molecule has 0 saturated heterocycles. The van der Waals surface area contributed by atoms with Crippen LogP contribution in [0.1, 0.15) is 30.5 Å². The number of nitrogens with two attached hydrogens (primary N) is 1. The number of rotatable bonds is 0. The molecule has 0 fully saturated rings. The van der Waals surface area contributed by atoms with Crippen LogP contribution in [0.15, 0.2) is 5.51 Å². The zero-order valence-corrected chi connectivity index (χ0v) is 7.61. The summed E-state index contributed by atoms with van der Waals surface area (Å²) in [5.74, 6) is 0. The molecule has 1 aliphatic rings. The molecule has 2 N–H and O–H groups in total. The van der Waals surface area contributed by atoms with E-state index in [4.69, 9.17) is 5.73 Å². The quantitative estimate of drug-likeness (QED) is 0.640. The summed E-state index contributed by atoms with van der Waals surface area (Å²) < 4.78 is 0. The third-order valence-electron chi connectivity index (χ3n) is 2.42. The predicted molar refractivity (Wildman–Crippen MR) is 46.5 cm³/mol. The molecule has 0 radical (unpaired) electrons. The van der Waals surface area contributed by atoms with Crippen molar-refractivity contribution in [3.05, 3.63) is 16.1 Å². The Hall–Kier alpha value is -0.410. The van der Waals surface area contributed by atoms with Crippen LogP contribution in [0, 0.1) is 5.41 Å². The molecule has 60 valence electrons. The maximum Gasteiger partial charge on any atom is 0.0798 e. The summed E-state index contributed by atoms with van der Waals surface area (Å²) in [6, 6.07) is 0.199. The van der Waals surface area contributed by atoms with E-state index in [0.29, 0.717) is 0 Å². The highest BCUT2D eigenvalue weighted by Gasteiger charge is 2.38. The van der Waals surface area contributed by atoms with Gasteiger partial charge in [0.25, 0.3) is 0 Å². The number of fused-ring (bicyclic) bond motifs is 1. The van der Waals surface area contributed by atoms with Crippen molar-refractivity contribution in [2.75, 3.05) is 0 Å². The summed E-state index contributed by atoms with van der Waals surface area (Å²) in [5.41, 5.74) is 9.36. The number of nitrogens with zero attached hydrogens (tertiary/aromatic N) is 1. The van der Waals surface area contributed by atoms with E-state index in [1.54, 1.807) is 11.3 Å². The van der Waals surface area contributed by atoms with E-state index in [1.807, 2.05) is 5.51 Å². The Morgan fingerprint density at radius 2 is 2.45 bits per heavy atom. The smallest absolute Gasteiger partial charge is 0.0798 e. The molecular weight excluding hydrogens is 156 g/mol. The minimum atomic E-state index is 0.199. The molecule has 0 aromatic carbocycles. The predicted octanol–water partition coefficient (Wildman–Crippen LogP) is 1.73. The third-order valence-corrected chi connectivity index (χ3v) is 3.37. The Bertz CT molecular complexity index is 277. The van der Waals surface area contributed by atoms with Crippen LogP contribution < -0.4 is 5.73 Å². The highest BCUT2D eigenvalue weighted by molar-refractivity contribution is 7.09. The van der Waals surface area contributed by atoms with E-state index in [-0.39, 0.29) is 11.5 Å². The molecule has 0 bridgehead atoms. The standard InChI is InChI=1S/C8H12N2S/c1-8(2)3-5-6(7(8)9)11-4-10-5/h4,7H,3,9H2,1-2H3/t7-/m1/s1. The first-order valence-corrected chi connectivity index (χ1v) is 4.67. The largest absolute Gasteiger partial charge is 0.323 e. The van der Waals surface area contributed by atoms with Gasteiger partial charge in [0.05, 0.1) is 11.2 Å². The lowest BCUT2D eigenvalue weighted by molar-refractivity contribution is 0.319. The van der Waals surface area contributed by atoms with Gasteiger partial charge in [0.15, 0.2) is 0 Å². The number of aromatic nitrogens is 1. The fraction of sp³-hybridized carbons (Fsp3) is 0.625. The molecule has 1 aliphatic carbocycles. The molecule has 0 spiro atoms. The van der Waals surface area contributed by atoms with Gasteiger partial charge in [-0.2, -0.15) is 0 Å². The van der Waals surface area contributed by atoms with Crippen molar-refractivity contribution in [2.45, 2.75) is 26.3 Å². The molecule has 1 aromatic rings. The summed E-state index contributed by atoms with van der Waals surface area (Å²) in [4.78, 5) is 5.57. The van der Waals surface area contributed by atoms with Crippen LogP contribution in [0.25, 0.3) is 0 Å². The van der Waals surface area contributed by atoms with E-state index in [2.05, 4.69) is 18.8 Å². The average Bonchev–Trinajstić information content (AvgIpc) is 2.39. The van der Waals surface area contributed by atoms with Gasteiger partial charge in [0.2, 0.25) is 0 Å². The monoisotopic (exact) mass is 168 g/mol. The average molecular weight is 168 g/mol. The lowest BCUT2D eigenvalue weighted by Crippen LogP contribution is -2.24. The van der Waals surface area contributed by atoms with Gasteiger partial charge in [-0.05, 0) is 11.8 Å². The van der Waals surface area contributed by atoms with Crippen molar-refractivity contribution in [3.8, 4) is 0 Å². The van der Waals surface area contributed by atoms with Crippen LogP contribution in [-0.2, 0) is 6.42 Å². The topological polar surface area (TPSA) is 38.9 Å². The Morgan fingerprint density at radius 1 is 1.73 bits per heavy atom. The minimum absolute atomic E-state index is 0.199. The Kier molecular flexibility index (Phi) is 1.35. The summed E-state index contributed by atoms with van der Waals surface area (Å²) in [5, 5.41) is 0. The summed E-state index contributed by atoms with van der Waals surface area (Å²) >= 11 is 1.69. The maximum atomic E-state index is 6.04. The Balaban J connectivity index is 2.45. The van der Waals surface area contributed by atoms with Crippen molar-refractivity contribution in [1.29, 1.82) is 0 Å². The molecule has 0 amide bonds. The van der Waals surface area contributed by atoms with Gasteiger partial charge in [-0.15, -0.1) is 11.3 Å². The first-order valence-electron chi connectivity index (χ1n) is 3.79. The highest BCUT2D eigenvalue weighted by atomic mass is 32.1. The van der Waals surface area contributed by atoms with Gasteiger partial charge in [0.1, 0.15) is 0 Å². The van der Waals surface area contributed by atoms with Crippen molar-refractivity contribution < 1.29 is 0 Å². The summed E-state index contributed by atoms with van der Waals surface area (Å²) in [6.45, 7) is 4.40. The minimum Gasteiger partial charge on any atom is -0.323 e. The van der Waals surface area contributed by atoms with Crippen LogP contribution >= 0.6 is 11.3 Å². The van der Waals surface area contributed by atoms with Crippen LogP contribution in [0.2, 0.25) is 0 Å². The van der Waals surface area contributed by atoms with E-state index in [9.17, 15) is 0 Å². The van der Waals surface area contributed by atoms with Gasteiger partial charge >= 0.3 is 0 Å². The van der Waals surface area contributed by atoms with E-state index in [0.717, 1.165) is 6.42 Å². The van der Waals surface area contributed by atoms with Crippen LogP contribution in [0.3, 0.4) is 0 Å². The van der Waals surface area contributed by atoms with Gasteiger partial charge in [-0.3, -0.25) is 0 Å². The summed E-state index contributed by atoms with van der Waals surface area (Å²) in [6.07, 6.45) is 1.03. The van der Waals surface area contributed by atoms with Crippen LogP contribution in [0.4, 0.5) is 0 Å². The number of hydrogen-bond donors (Lipinski definition) is 1. The first kappa shape index (κ1) is 7.25. The zero-order valence-electron chi connectivity index (χ0n) is 6.79. The second-order valence-electron chi connectivity index (χ2n) is 3.81. The molecule has 2 rings (SSSR count). The number of thiazole rings is 1. The molecule has 1 atom stereocenters. The molecule has 0 aliphatic heterocycles. The fourth-order valence-electron chi connectivity index (χ4n) is 1.56. The van der Waals surface area contributed by atoms with Gasteiger partial charge in [-0.1, -0.05) is 13.8 Å². The molecule has 0 unspecified atom stereocenters. The molecule has 1 aromatic heterocycles. The second kappa shape index (κ2) is 2.05. The fourth-order valence-corrected chi connectivity index (χ4v) is 2.58. The van der Waals surface area contributed by atoms with E-state index in [1.165, 1.54) is 10.6 Å². The molecule has 3 heteroatoms. The first-order chi connectivity index (χ1) is 5.11. The number of hydrogen-bond acceptors (Lipinski definition) is 3. The van der Waals surface area contributed by atoms with Gasteiger partial charge in [-0.25, -0.2) is 4.98 Å². The highest BCUT2D eigenvalue weighted by Crippen LogP contribution is 2.44. The lowest BCUT2D eigenvalue weighted by atomic mass is 9.87. The normalized spacial score (nSPS) is 27.0. The van der Waals surface area contributed by atoms with E-state index < -0.39 is 0 Å². The third kappa shape index (κ3) is 0.914. The molecule has 1 heterocycles. The lowest BCUT2D eigenvalue weighted by Gasteiger charge is -2.22. The van der Waals surface area contributed by atoms with Gasteiger partial charge < -0.3 is 5.73 Å². The van der Waals surface area contributed by atoms with Crippen LogP contribution in [-0.4, -0.2) is 4.98 Å². The zero-order chi connectivity index (χ0) is 8.06. The Labute approximate surface area is 70.5 Å². The summed E-state index contributed by atoms with van der Waals surface area (Å²) in [7, 11) is 0. The maximum absolute atomic E-state index is 6.04. The van der Waals surface area contributed by atoms with Crippen molar-refractivity contribution in [3.63, 3.8) is 0 Å². The molecule has 11 heavy (non-hydrogen) atoms. The molecular formula is C8H12N2S.